The van der Waals surface area contributed by atoms with Crippen molar-refractivity contribution >= 4 is 5.91 Å². The Morgan fingerprint density at radius 3 is 1.40 bits per heavy atom. The van der Waals surface area contributed by atoms with Gasteiger partial charge < -0.3 is 40.3 Å². The van der Waals surface area contributed by atoms with Gasteiger partial charge in [0.1, 0.15) is 24.4 Å². The third-order valence-corrected chi connectivity index (χ3v) is 12.1. The molecule has 0 aromatic carbocycles. The standard InChI is InChI=1S/C49H95NO8/c1-3-5-7-9-11-13-15-17-19-20-21-22-23-24-25-26-28-30-32-34-36-38-43(52)42(41-57-49-48(56)47(55)46(54)44(40-51)58-49)50-45(53)39-37-35-33-31-29-27-18-16-14-12-10-8-6-4-2/h16,18,42-44,46-49,51-52,54-56H,3-15,17,19-41H2,1-2H3,(H,50,53)/b18-16-. The van der Waals surface area contributed by atoms with Crippen molar-refractivity contribution < 1.29 is 39.8 Å². The Balaban J connectivity index is 2.27. The van der Waals surface area contributed by atoms with E-state index in [1.165, 1.54) is 161 Å². The molecule has 0 spiro atoms. The maximum Gasteiger partial charge on any atom is 0.220 e. The number of aliphatic hydroxyl groups is 5. The smallest absolute Gasteiger partial charge is 0.220 e. The van der Waals surface area contributed by atoms with Gasteiger partial charge in [0, 0.05) is 6.42 Å². The van der Waals surface area contributed by atoms with E-state index in [0.29, 0.717) is 12.8 Å². The Bertz CT molecular complexity index is 919. The van der Waals surface area contributed by atoms with Crippen molar-refractivity contribution in [1.82, 2.24) is 5.32 Å². The van der Waals surface area contributed by atoms with E-state index in [2.05, 4.69) is 31.3 Å². The Kier molecular flexibility index (Phi) is 37.9. The number of rotatable bonds is 42. The topological polar surface area (TPSA) is 149 Å². The van der Waals surface area contributed by atoms with Crippen LogP contribution < -0.4 is 5.32 Å². The van der Waals surface area contributed by atoms with E-state index in [-0.39, 0.29) is 12.5 Å². The minimum atomic E-state index is -1.55. The number of allylic oxidation sites excluding steroid dienone is 2. The number of hydrogen-bond acceptors (Lipinski definition) is 8. The number of amides is 1. The van der Waals surface area contributed by atoms with Crippen LogP contribution in [-0.4, -0.2) is 87.5 Å². The molecular formula is C49H95NO8. The van der Waals surface area contributed by atoms with Crippen molar-refractivity contribution in [2.75, 3.05) is 13.2 Å². The molecule has 9 nitrogen and oxygen atoms in total. The lowest BCUT2D eigenvalue weighted by Gasteiger charge is -2.40. The minimum Gasteiger partial charge on any atom is -0.394 e. The first kappa shape index (κ1) is 54.9. The monoisotopic (exact) mass is 826 g/mol. The van der Waals surface area contributed by atoms with Crippen LogP contribution in [0.15, 0.2) is 12.2 Å². The summed E-state index contributed by atoms with van der Waals surface area (Å²) in [6.07, 6.45) is 39.4. The Labute approximate surface area is 356 Å². The molecule has 0 aromatic heterocycles. The number of unbranched alkanes of at least 4 members (excludes halogenated alkanes) is 30. The normalized spacial score (nSPS) is 20.8. The maximum absolute atomic E-state index is 13.0. The Hall–Kier alpha value is -1.07. The number of nitrogens with one attached hydrogen (secondary N) is 1. The van der Waals surface area contributed by atoms with Crippen molar-refractivity contribution in [3.05, 3.63) is 12.2 Å². The average Bonchev–Trinajstić information content (AvgIpc) is 3.22. The molecule has 7 atom stereocenters. The predicted octanol–water partition coefficient (Wildman–Crippen LogP) is 10.9. The van der Waals surface area contributed by atoms with E-state index in [0.717, 1.165) is 51.4 Å². The van der Waals surface area contributed by atoms with Crippen LogP contribution in [0.1, 0.15) is 239 Å². The minimum absolute atomic E-state index is 0.138. The van der Waals surface area contributed by atoms with E-state index in [1.54, 1.807) is 0 Å². The highest BCUT2D eigenvalue weighted by Crippen LogP contribution is 2.23. The third kappa shape index (κ3) is 30.0. The van der Waals surface area contributed by atoms with E-state index < -0.39 is 49.5 Å². The summed E-state index contributed by atoms with van der Waals surface area (Å²) in [5.74, 6) is -0.151. The van der Waals surface area contributed by atoms with Gasteiger partial charge in [-0.25, -0.2) is 0 Å². The van der Waals surface area contributed by atoms with Gasteiger partial charge in [0.15, 0.2) is 6.29 Å². The van der Waals surface area contributed by atoms with Gasteiger partial charge in [0.2, 0.25) is 5.91 Å². The zero-order chi connectivity index (χ0) is 42.3. The zero-order valence-corrected chi connectivity index (χ0v) is 37.8. The van der Waals surface area contributed by atoms with E-state index in [1.807, 2.05) is 0 Å². The molecule has 1 heterocycles. The van der Waals surface area contributed by atoms with Crippen LogP contribution in [0.3, 0.4) is 0 Å². The molecule has 1 aliphatic rings. The summed E-state index contributed by atoms with van der Waals surface area (Å²) in [5, 5.41) is 54.4. The molecule has 9 heteroatoms. The summed E-state index contributed by atoms with van der Waals surface area (Å²) >= 11 is 0. The van der Waals surface area contributed by atoms with Crippen LogP contribution in [0.4, 0.5) is 0 Å². The molecule has 0 bridgehead atoms. The van der Waals surface area contributed by atoms with Crippen molar-refractivity contribution in [3.8, 4) is 0 Å². The number of carbonyl (C=O) groups excluding carboxylic acids is 1. The summed E-state index contributed by atoms with van der Waals surface area (Å²) in [5.41, 5.74) is 0. The summed E-state index contributed by atoms with van der Waals surface area (Å²) in [6.45, 7) is 3.84. The fourth-order valence-corrected chi connectivity index (χ4v) is 8.10. The first-order valence-corrected chi connectivity index (χ1v) is 24.9. The Morgan fingerprint density at radius 1 is 0.569 bits per heavy atom. The molecular weight excluding hydrogens is 731 g/mol. The molecule has 7 unspecified atom stereocenters. The Morgan fingerprint density at radius 2 is 0.966 bits per heavy atom. The van der Waals surface area contributed by atoms with Gasteiger partial charge in [-0.2, -0.15) is 0 Å². The molecule has 344 valence electrons. The molecule has 1 aliphatic heterocycles. The summed E-state index contributed by atoms with van der Waals surface area (Å²) < 4.78 is 11.3. The van der Waals surface area contributed by atoms with Crippen LogP contribution in [0.2, 0.25) is 0 Å². The van der Waals surface area contributed by atoms with E-state index in [4.69, 9.17) is 9.47 Å². The second-order valence-electron chi connectivity index (χ2n) is 17.6. The van der Waals surface area contributed by atoms with Crippen molar-refractivity contribution in [1.29, 1.82) is 0 Å². The fourth-order valence-electron chi connectivity index (χ4n) is 8.10. The summed E-state index contributed by atoms with van der Waals surface area (Å²) in [7, 11) is 0. The van der Waals surface area contributed by atoms with Gasteiger partial charge in [-0.15, -0.1) is 0 Å². The number of carbonyl (C=O) groups is 1. The first-order valence-electron chi connectivity index (χ1n) is 24.9. The molecule has 0 radical (unpaired) electrons. The van der Waals surface area contributed by atoms with Crippen LogP contribution in [0.25, 0.3) is 0 Å². The molecule has 1 saturated heterocycles. The number of hydrogen-bond donors (Lipinski definition) is 6. The summed E-state index contributed by atoms with van der Waals surface area (Å²) in [4.78, 5) is 13.0. The molecule has 1 rings (SSSR count). The van der Waals surface area contributed by atoms with Crippen LogP contribution in [-0.2, 0) is 14.3 Å². The lowest BCUT2D eigenvalue weighted by atomic mass is 9.99. The van der Waals surface area contributed by atoms with Crippen molar-refractivity contribution in [3.63, 3.8) is 0 Å². The molecule has 0 saturated carbocycles. The second kappa shape index (κ2) is 40.0. The number of aliphatic hydroxyl groups excluding tert-OH is 5. The molecule has 1 amide bonds. The lowest BCUT2D eigenvalue weighted by molar-refractivity contribution is -0.302. The largest absolute Gasteiger partial charge is 0.394 e. The third-order valence-electron chi connectivity index (χ3n) is 12.1. The number of ether oxygens (including phenoxy) is 2. The van der Waals surface area contributed by atoms with Crippen molar-refractivity contribution in [2.24, 2.45) is 0 Å². The van der Waals surface area contributed by atoms with Crippen LogP contribution >= 0.6 is 0 Å². The van der Waals surface area contributed by atoms with Gasteiger partial charge in [0.25, 0.3) is 0 Å². The highest BCUT2D eigenvalue weighted by Gasteiger charge is 2.44. The van der Waals surface area contributed by atoms with Gasteiger partial charge in [-0.05, 0) is 38.5 Å². The predicted molar refractivity (Wildman–Crippen MR) is 240 cm³/mol. The van der Waals surface area contributed by atoms with Gasteiger partial charge in [0.05, 0.1) is 25.4 Å². The molecule has 1 fully saturated rings. The fraction of sp³-hybridized carbons (Fsp3) is 0.939. The lowest BCUT2D eigenvalue weighted by Crippen LogP contribution is -2.60. The maximum atomic E-state index is 13.0. The molecule has 0 aliphatic carbocycles. The highest BCUT2D eigenvalue weighted by molar-refractivity contribution is 5.76. The van der Waals surface area contributed by atoms with E-state index in [9.17, 15) is 30.3 Å². The highest BCUT2D eigenvalue weighted by atomic mass is 16.7. The van der Waals surface area contributed by atoms with Gasteiger partial charge in [-0.3, -0.25) is 4.79 Å². The van der Waals surface area contributed by atoms with Crippen LogP contribution in [0.5, 0.6) is 0 Å². The molecule has 6 N–H and O–H groups in total. The molecule has 58 heavy (non-hydrogen) atoms. The van der Waals surface area contributed by atoms with Crippen LogP contribution in [0, 0.1) is 0 Å². The SMILES string of the molecule is CCCCCCC/C=C\CCCCCCCC(=O)NC(COC1OC(CO)C(O)C(O)C1O)C(O)CCCCCCCCCCCCCCCCCCCCCCC. The zero-order valence-electron chi connectivity index (χ0n) is 37.8. The van der Waals surface area contributed by atoms with Crippen molar-refractivity contribution in [2.45, 2.75) is 281 Å². The molecule has 0 aromatic rings. The average molecular weight is 826 g/mol. The van der Waals surface area contributed by atoms with Gasteiger partial charge in [-0.1, -0.05) is 206 Å². The van der Waals surface area contributed by atoms with E-state index >= 15 is 0 Å². The van der Waals surface area contributed by atoms with Gasteiger partial charge >= 0.3 is 0 Å². The summed E-state index contributed by atoms with van der Waals surface area (Å²) in [6, 6.07) is -0.719. The first-order chi connectivity index (χ1) is 28.3. The quantitative estimate of drug-likeness (QED) is 0.0263. The second-order valence-corrected chi connectivity index (χ2v) is 17.6.